The Hall–Kier alpha value is -1.14. The van der Waals surface area contributed by atoms with E-state index >= 15 is 0 Å². The Balaban J connectivity index is 3.16. The molecular formula is C11H16N2O2S2. The predicted molar refractivity (Wildman–Crippen MR) is 74.8 cm³/mol. The summed E-state index contributed by atoms with van der Waals surface area (Å²) < 4.78 is 25.9. The Morgan fingerprint density at radius 2 is 2.12 bits per heavy atom. The van der Waals surface area contributed by atoms with Crippen LogP contribution in [-0.4, -0.2) is 19.2 Å². The standard InChI is InChI=1S/C11H16N2O2S2/c1-3-7-17(14,15)13-9-6-4-5-8(2)10(9)11(12)16/h4-6,13H,3,7H2,1-2H3,(H2,12,16). The van der Waals surface area contributed by atoms with Gasteiger partial charge in [0.1, 0.15) is 4.99 Å². The minimum Gasteiger partial charge on any atom is -0.389 e. The van der Waals surface area contributed by atoms with Crippen LogP contribution in [0.4, 0.5) is 5.69 Å². The van der Waals surface area contributed by atoms with Crippen LogP contribution in [0.15, 0.2) is 18.2 Å². The van der Waals surface area contributed by atoms with Crippen LogP contribution in [0.5, 0.6) is 0 Å². The molecule has 0 atom stereocenters. The maximum absolute atomic E-state index is 11.7. The number of aryl methyl sites for hydroxylation is 1. The Kier molecular flexibility index (Phi) is 4.47. The molecule has 0 unspecified atom stereocenters. The number of hydrogen-bond acceptors (Lipinski definition) is 3. The fraction of sp³-hybridized carbons (Fsp3) is 0.364. The molecule has 0 bridgehead atoms. The summed E-state index contributed by atoms with van der Waals surface area (Å²) in [5.41, 5.74) is 7.50. The number of nitrogens with one attached hydrogen (secondary N) is 1. The van der Waals surface area contributed by atoms with Crippen molar-refractivity contribution in [2.24, 2.45) is 5.73 Å². The van der Waals surface area contributed by atoms with Crippen LogP contribution in [0.3, 0.4) is 0 Å². The molecule has 0 saturated heterocycles. The van der Waals surface area contributed by atoms with E-state index in [4.69, 9.17) is 18.0 Å². The van der Waals surface area contributed by atoms with Crippen LogP contribution in [-0.2, 0) is 10.0 Å². The molecule has 1 aromatic rings. The van der Waals surface area contributed by atoms with Gasteiger partial charge in [-0.1, -0.05) is 31.3 Å². The molecule has 0 aliphatic heterocycles. The molecular weight excluding hydrogens is 256 g/mol. The Morgan fingerprint density at radius 1 is 1.47 bits per heavy atom. The number of sulfonamides is 1. The van der Waals surface area contributed by atoms with E-state index in [2.05, 4.69) is 4.72 Å². The number of thiocarbonyl (C=S) groups is 1. The Morgan fingerprint density at radius 3 is 2.65 bits per heavy atom. The van der Waals surface area contributed by atoms with E-state index in [9.17, 15) is 8.42 Å². The Labute approximate surface area is 107 Å². The lowest BCUT2D eigenvalue weighted by Gasteiger charge is -2.13. The molecule has 1 aromatic carbocycles. The minimum atomic E-state index is -3.32. The molecule has 0 aliphatic carbocycles. The number of hydrogen-bond donors (Lipinski definition) is 2. The Bertz CT molecular complexity index is 524. The summed E-state index contributed by atoms with van der Waals surface area (Å²) >= 11 is 4.93. The van der Waals surface area contributed by atoms with Gasteiger partial charge in [0, 0.05) is 5.56 Å². The normalized spacial score (nSPS) is 11.2. The number of benzene rings is 1. The molecule has 0 fully saturated rings. The average molecular weight is 272 g/mol. The highest BCUT2D eigenvalue weighted by atomic mass is 32.2. The van der Waals surface area contributed by atoms with Crippen LogP contribution in [0.2, 0.25) is 0 Å². The van der Waals surface area contributed by atoms with Crippen LogP contribution >= 0.6 is 12.2 Å². The van der Waals surface area contributed by atoms with E-state index in [1.165, 1.54) is 0 Å². The van der Waals surface area contributed by atoms with Crippen molar-refractivity contribution in [3.63, 3.8) is 0 Å². The highest BCUT2D eigenvalue weighted by Gasteiger charge is 2.14. The molecule has 6 heteroatoms. The highest BCUT2D eigenvalue weighted by molar-refractivity contribution is 7.92. The fourth-order valence-corrected chi connectivity index (χ4v) is 2.98. The van der Waals surface area contributed by atoms with Gasteiger partial charge in [-0.15, -0.1) is 0 Å². The van der Waals surface area contributed by atoms with Gasteiger partial charge in [0.15, 0.2) is 0 Å². The van der Waals surface area contributed by atoms with E-state index in [0.29, 0.717) is 17.7 Å². The van der Waals surface area contributed by atoms with Gasteiger partial charge in [-0.05, 0) is 25.0 Å². The SMILES string of the molecule is CCCS(=O)(=O)Nc1cccc(C)c1C(N)=S. The van der Waals surface area contributed by atoms with Crippen molar-refractivity contribution in [2.45, 2.75) is 20.3 Å². The van der Waals surface area contributed by atoms with Gasteiger partial charge in [0.05, 0.1) is 11.4 Å². The van der Waals surface area contributed by atoms with Gasteiger partial charge in [0.25, 0.3) is 0 Å². The molecule has 0 spiro atoms. The highest BCUT2D eigenvalue weighted by Crippen LogP contribution is 2.20. The van der Waals surface area contributed by atoms with E-state index in [-0.39, 0.29) is 10.7 Å². The molecule has 0 saturated carbocycles. The minimum absolute atomic E-state index is 0.0811. The monoisotopic (exact) mass is 272 g/mol. The lowest BCUT2D eigenvalue weighted by molar-refractivity contribution is 0.600. The van der Waals surface area contributed by atoms with Gasteiger partial charge in [-0.2, -0.15) is 0 Å². The molecule has 0 amide bonds. The second-order valence-electron chi connectivity index (χ2n) is 3.78. The lowest BCUT2D eigenvalue weighted by Crippen LogP contribution is -2.20. The average Bonchev–Trinajstić information content (AvgIpc) is 2.15. The summed E-state index contributed by atoms with van der Waals surface area (Å²) in [6.07, 6.45) is 0.559. The lowest BCUT2D eigenvalue weighted by atomic mass is 10.1. The summed E-state index contributed by atoms with van der Waals surface area (Å²) in [4.78, 5) is 0.192. The second-order valence-corrected chi connectivity index (χ2v) is 6.06. The molecule has 4 nitrogen and oxygen atoms in total. The largest absolute Gasteiger partial charge is 0.389 e. The zero-order chi connectivity index (χ0) is 13.1. The van der Waals surface area contributed by atoms with Crippen LogP contribution in [0.1, 0.15) is 24.5 Å². The van der Waals surface area contributed by atoms with Gasteiger partial charge in [-0.25, -0.2) is 8.42 Å². The smallest absolute Gasteiger partial charge is 0.232 e. The third kappa shape index (κ3) is 3.67. The maximum Gasteiger partial charge on any atom is 0.232 e. The zero-order valence-electron chi connectivity index (χ0n) is 9.86. The first-order valence-corrected chi connectivity index (χ1v) is 7.33. The maximum atomic E-state index is 11.7. The van der Waals surface area contributed by atoms with E-state index in [1.807, 2.05) is 19.9 Å². The van der Waals surface area contributed by atoms with Crippen molar-refractivity contribution in [1.29, 1.82) is 0 Å². The molecule has 0 heterocycles. The van der Waals surface area contributed by atoms with Gasteiger partial charge >= 0.3 is 0 Å². The molecule has 1 rings (SSSR count). The van der Waals surface area contributed by atoms with E-state index < -0.39 is 10.0 Å². The van der Waals surface area contributed by atoms with Crippen LogP contribution in [0, 0.1) is 6.92 Å². The summed E-state index contributed by atoms with van der Waals surface area (Å²) in [7, 11) is -3.32. The predicted octanol–water partition coefficient (Wildman–Crippen LogP) is 1.78. The first-order chi connectivity index (χ1) is 7.87. The van der Waals surface area contributed by atoms with Crippen molar-refractivity contribution >= 4 is 32.9 Å². The zero-order valence-corrected chi connectivity index (χ0v) is 11.5. The topological polar surface area (TPSA) is 72.2 Å². The molecule has 94 valence electrons. The summed E-state index contributed by atoms with van der Waals surface area (Å²) in [5, 5.41) is 0. The van der Waals surface area contributed by atoms with Crippen molar-refractivity contribution in [1.82, 2.24) is 0 Å². The molecule has 0 radical (unpaired) electrons. The molecule has 0 aliphatic rings. The number of nitrogens with two attached hydrogens (primary N) is 1. The van der Waals surface area contributed by atoms with Gasteiger partial charge in [0.2, 0.25) is 10.0 Å². The fourth-order valence-electron chi connectivity index (χ4n) is 1.57. The first-order valence-electron chi connectivity index (χ1n) is 5.27. The van der Waals surface area contributed by atoms with Gasteiger partial charge in [-0.3, -0.25) is 4.72 Å². The van der Waals surface area contributed by atoms with E-state index in [1.54, 1.807) is 12.1 Å². The summed E-state index contributed by atoms with van der Waals surface area (Å²) in [6, 6.07) is 5.27. The van der Waals surface area contributed by atoms with E-state index in [0.717, 1.165) is 5.56 Å². The number of rotatable bonds is 5. The third-order valence-corrected chi connectivity index (χ3v) is 3.94. The molecule has 0 aromatic heterocycles. The van der Waals surface area contributed by atoms with Crippen molar-refractivity contribution in [3.05, 3.63) is 29.3 Å². The summed E-state index contributed by atoms with van der Waals surface area (Å²) in [5.74, 6) is 0.0811. The molecule has 17 heavy (non-hydrogen) atoms. The van der Waals surface area contributed by atoms with Gasteiger partial charge < -0.3 is 5.73 Å². The first kappa shape index (κ1) is 13.9. The number of anilines is 1. The van der Waals surface area contributed by atoms with Crippen molar-refractivity contribution in [2.75, 3.05) is 10.5 Å². The van der Waals surface area contributed by atoms with Crippen molar-refractivity contribution < 1.29 is 8.42 Å². The van der Waals surface area contributed by atoms with Crippen LogP contribution < -0.4 is 10.5 Å². The molecule has 3 N–H and O–H groups in total. The third-order valence-electron chi connectivity index (χ3n) is 2.26. The van der Waals surface area contributed by atoms with Crippen molar-refractivity contribution in [3.8, 4) is 0 Å². The quantitative estimate of drug-likeness (QED) is 0.801. The van der Waals surface area contributed by atoms with Crippen LogP contribution in [0.25, 0.3) is 0 Å². The second kappa shape index (κ2) is 5.46. The summed E-state index contributed by atoms with van der Waals surface area (Å²) in [6.45, 7) is 3.65.